The topological polar surface area (TPSA) is 52.6 Å². The fourth-order valence-corrected chi connectivity index (χ4v) is 6.25. The monoisotopic (exact) mass is 567 g/mol. The summed E-state index contributed by atoms with van der Waals surface area (Å²) in [5.41, 5.74) is -0.766. The summed E-state index contributed by atoms with van der Waals surface area (Å²) < 4.78 is 12.2. The van der Waals surface area contributed by atoms with Crippen molar-refractivity contribution in [1.82, 2.24) is 0 Å². The van der Waals surface area contributed by atoms with Crippen LogP contribution in [0.2, 0.25) is 0 Å². The number of ether oxygens (including phenoxy) is 2. The lowest BCUT2D eigenvalue weighted by Crippen LogP contribution is -2.45. The van der Waals surface area contributed by atoms with Crippen molar-refractivity contribution < 1.29 is 19.1 Å². The molecular weight excluding hydrogens is 496 g/mol. The van der Waals surface area contributed by atoms with Crippen molar-refractivity contribution in [2.45, 2.75) is 189 Å². The lowest BCUT2D eigenvalue weighted by Gasteiger charge is -2.38. The van der Waals surface area contributed by atoms with Gasteiger partial charge in [0.2, 0.25) is 0 Å². The molecule has 0 fully saturated rings. The fraction of sp³-hybridized carbons (Fsp3) is 0.944. The number of hydrogen-bond acceptors (Lipinski definition) is 4. The molecular formula is C36H70O4. The molecule has 0 heterocycles. The summed E-state index contributed by atoms with van der Waals surface area (Å²) in [6, 6.07) is 0. The van der Waals surface area contributed by atoms with Gasteiger partial charge < -0.3 is 9.47 Å². The molecule has 238 valence electrons. The zero-order valence-corrected chi connectivity index (χ0v) is 28.0. The number of unbranched alkanes of at least 4 members (excludes halogenated alkanes) is 12. The molecule has 0 radical (unpaired) electrons. The summed E-state index contributed by atoms with van der Waals surface area (Å²) in [6.45, 7) is 14.2. The molecule has 0 aliphatic rings. The molecule has 0 rings (SSSR count). The zero-order chi connectivity index (χ0) is 29.9. The third-order valence-electron chi connectivity index (χ3n) is 8.73. The Kier molecular flexibility index (Phi) is 26.1. The quantitative estimate of drug-likeness (QED) is 0.0667. The molecule has 0 bridgehead atoms. The van der Waals surface area contributed by atoms with Gasteiger partial charge in [-0.15, -0.1) is 0 Å². The first kappa shape index (κ1) is 38.9. The van der Waals surface area contributed by atoms with Crippen LogP contribution in [0.15, 0.2) is 0 Å². The fourth-order valence-electron chi connectivity index (χ4n) is 6.25. The van der Waals surface area contributed by atoms with Crippen LogP contribution in [-0.2, 0) is 19.1 Å². The molecule has 0 spiro atoms. The van der Waals surface area contributed by atoms with Gasteiger partial charge in [0.05, 0.1) is 24.5 Å². The van der Waals surface area contributed by atoms with E-state index >= 15 is 0 Å². The lowest BCUT2D eigenvalue weighted by molar-refractivity contribution is -0.173. The van der Waals surface area contributed by atoms with E-state index in [1.807, 2.05) is 0 Å². The minimum Gasteiger partial charge on any atom is -0.465 e. The van der Waals surface area contributed by atoms with Crippen molar-refractivity contribution in [3.8, 4) is 0 Å². The van der Waals surface area contributed by atoms with Gasteiger partial charge in [0, 0.05) is 0 Å². The summed E-state index contributed by atoms with van der Waals surface area (Å²) in [5.74, 6) is -0.262. The van der Waals surface area contributed by atoms with Crippen molar-refractivity contribution >= 4 is 11.9 Å². The van der Waals surface area contributed by atoms with Crippen molar-refractivity contribution in [3.63, 3.8) is 0 Å². The largest absolute Gasteiger partial charge is 0.465 e. The number of carbonyl (C=O) groups excluding carboxylic acids is 2. The van der Waals surface area contributed by atoms with E-state index in [9.17, 15) is 9.59 Å². The summed E-state index contributed by atoms with van der Waals surface area (Å²) in [5, 5.41) is 0. The molecule has 3 unspecified atom stereocenters. The molecule has 4 nitrogen and oxygen atoms in total. The van der Waals surface area contributed by atoms with E-state index in [1.165, 1.54) is 38.5 Å². The van der Waals surface area contributed by atoms with Crippen molar-refractivity contribution in [2.75, 3.05) is 13.2 Å². The summed E-state index contributed by atoms with van der Waals surface area (Å²) in [6.07, 6.45) is 24.4. The molecule has 40 heavy (non-hydrogen) atoms. The van der Waals surface area contributed by atoms with Crippen LogP contribution in [0.3, 0.4) is 0 Å². The van der Waals surface area contributed by atoms with Crippen molar-refractivity contribution in [2.24, 2.45) is 17.3 Å². The number of hydrogen-bond donors (Lipinski definition) is 0. The van der Waals surface area contributed by atoms with Crippen LogP contribution in [0.1, 0.15) is 189 Å². The summed E-state index contributed by atoms with van der Waals surface area (Å²) in [4.78, 5) is 28.0. The number of rotatable bonds is 29. The Morgan fingerprint density at radius 3 is 1.68 bits per heavy atom. The van der Waals surface area contributed by atoms with E-state index in [0.29, 0.717) is 25.6 Å². The predicted molar refractivity (Wildman–Crippen MR) is 172 cm³/mol. The van der Waals surface area contributed by atoms with E-state index in [2.05, 4.69) is 41.5 Å². The maximum Gasteiger partial charge on any atom is 0.312 e. The number of esters is 2. The minimum atomic E-state index is -0.766. The van der Waals surface area contributed by atoms with E-state index in [1.54, 1.807) is 0 Å². The molecule has 0 N–H and O–H groups in total. The van der Waals surface area contributed by atoms with Gasteiger partial charge in [-0.05, 0) is 44.4 Å². The SMILES string of the molecule is CCCCCCCOC(=O)C(CCC)(CCCCCC)C(CCCCCC)C(=O)OCC(CCC)CCCCC. The Morgan fingerprint density at radius 1 is 0.525 bits per heavy atom. The van der Waals surface area contributed by atoms with Crippen LogP contribution >= 0.6 is 0 Å². The number of carbonyl (C=O) groups is 2. The first-order chi connectivity index (χ1) is 19.5. The Morgan fingerprint density at radius 2 is 1.07 bits per heavy atom. The normalized spacial score (nSPS) is 14.4. The van der Waals surface area contributed by atoms with Gasteiger partial charge in [0.15, 0.2) is 0 Å². The first-order valence-corrected chi connectivity index (χ1v) is 17.8. The highest BCUT2D eigenvalue weighted by atomic mass is 16.5. The maximum absolute atomic E-state index is 14.0. The van der Waals surface area contributed by atoms with Crippen LogP contribution in [0.25, 0.3) is 0 Å². The van der Waals surface area contributed by atoms with Gasteiger partial charge in [-0.3, -0.25) is 9.59 Å². The van der Waals surface area contributed by atoms with Gasteiger partial charge in [-0.25, -0.2) is 0 Å². The highest BCUT2D eigenvalue weighted by Gasteiger charge is 2.49. The zero-order valence-electron chi connectivity index (χ0n) is 28.0. The molecule has 0 aromatic heterocycles. The highest BCUT2D eigenvalue weighted by Crippen LogP contribution is 2.44. The molecule has 0 saturated heterocycles. The van der Waals surface area contributed by atoms with Crippen LogP contribution in [0.5, 0.6) is 0 Å². The third kappa shape index (κ3) is 17.0. The molecule has 0 saturated carbocycles. The second kappa shape index (κ2) is 26.8. The van der Waals surface area contributed by atoms with Gasteiger partial charge in [0.1, 0.15) is 0 Å². The van der Waals surface area contributed by atoms with Gasteiger partial charge >= 0.3 is 11.9 Å². The maximum atomic E-state index is 14.0. The van der Waals surface area contributed by atoms with E-state index in [-0.39, 0.29) is 11.9 Å². The third-order valence-corrected chi connectivity index (χ3v) is 8.73. The Hall–Kier alpha value is -1.06. The molecule has 0 aromatic carbocycles. The lowest BCUT2D eigenvalue weighted by atomic mass is 9.67. The van der Waals surface area contributed by atoms with Crippen LogP contribution in [0.4, 0.5) is 0 Å². The minimum absolute atomic E-state index is 0.133. The van der Waals surface area contributed by atoms with Gasteiger partial charge in [0.25, 0.3) is 0 Å². The van der Waals surface area contributed by atoms with Gasteiger partial charge in [-0.2, -0.15) is 0 Å². The van der Waals surface area contributed by atoms with Crippen molar-refractivity contribution in [3.05, 3.63) is 0 Å². The van der Waals surface area contributed by atoms with Gasteiger partial charge in [-0.1, -0.05) is 151 Å². The van der Waals surface area contributed by atoms with E-state index in [4.69, 9.17) is 9.47 Å². The predicted octanol–water partition coefficient (Wildman–Crippen LogP) is 11.4. The summed E-state index contributed by atoms with van der Waals surface area (Å²) >= 11 is 0. The van der Waals surface area contributed by atoms with E-state index in [0.717, 1.165) is 103 Å². The Labute approximate surface area is 250 Å². The molecule has 0 aliphatic carbocycles. The average Bonchev–Trinajstić information content (AvgIpc) is 2.95. The van der Waals surface area contributed by atoms with Crippen LogP contribution in [-0.4, -0.2) is 25.2 Å². The molecule has 0 aliphatic heterocycles. The molecule has 4 heteroatoms. The van der Waals surface area contributed by atoms with Crippen LogP contribution < -0.4 is 0 Å². The van der Waals surface area contributed by atoms with Crippen molar-refractivity contribution in [1.29, 1.82) is 0 Å². The second-order valence-corrected chi connectivity index (χ2v) is 12.4. The highest BCUT2D eigenvalue weighted by molar-refractivity contribution is 5.85. The standard InChI is InChI=1S/C36H70O4/c1-7-13-17-20-24-30-39-35(38)36(28-12-6,29-23-19-15-9-3)33(27-22-18-14-8-2)34(37)40-31-32(25-11-5)26-21-16-10-4/h32-33H,7-31H2,1-6H3. The molecule has 0 amide bonds. The Bertz CT molecular complexity index is 589. The summed E-state index contributed by atoms with van der Waals surface area (Å²) in [7, 11) is 0. The average molecular weight is 567 g/mol. The second-order valence-electron chi connectivity index (χ2n) is 12.4. The Balaban J connectivity index is 5.90. The van der Waals surface area contributed by atoms with E-state index < -0.39 is 11.3 Å². The first-order valence-electron chi connectivity index (χ1n) is 17.8. The van der Waals surface area contributed by atoms with Crippen LogP contribution in [0, 0.1) is 17.3 Å². The molecule has 3 atom stereocenters. The smallest absolute Gasteiger partial charge is 0.312 e. The molecule has 0 aromatic rings.